The van der Waals surface area contributed by atoms with Gasteiger partial charge in [0.1, 0.15) is 24.3 Å². The zero-order chi connectivity index (χ0) is 54.3. The van der Waals surface area contributed by atoms with Crippen molar-refractivity contribution < 1.29 is 14.7 Å². The molecule has 2 amide bonds. The molecule has 77 heavy (non-hydrogen) atoms. The quantitative estimate of drug-likeness (QED) is 0.0629. The SMILES string of the molecule is Cc1cc(-c2cc(Nc3cc4n(n3)CCCN(CCO)C4)ncn2)ccc1CNC(=O)c1cnn(C(C)(C)C)c1.Cc1cc(-c2cc(Nc3cc4n(n3)CCCNC4)ncn2)ccc1CNC(=O)c1cnn(C(C)(C)C)c1. The summed E-state index contributed by atoms with van der Waals surface area (Å²) in [7, 11) is 0. The van der Waals surface area contributed by atoms with Gasteiger partial charge in [0.05, 0.1) is 64.0 Å². The van der Waals surface area contributed by atoms with E-state index in [1.165, 1.54) is 0 Å². The molecular weight excluding hydrogens is 973 g/mol. The zero-order valence-corrected chi connectivity index (χ0v) is 45.3. The standard InChI is InChI=1S/C29H37N9O2.C27H33N9O/c1-20-12-21(6-7-22(20)15-30-28(40)23-16-33-38(17-23)29(2,3)4)25-14-26(32-19-31-25)34-27-13-24-18-36(10-11-39)8-5-9-37(24)35-27;1-18-10-19(6-7-20(18)13-29-26(37)21-14-32-36(16-21)27(2,3)4)23-12-24(31-17-30-23)33-25-11-22-15-28-8-5-9-35(22)34-25/h6-7,12-14,16-17,19,39H,5,8-11,15,18H2,1-4H3,(H,30,40)(H,31,32,34,35);6-7,10-12,14,16-17,28H,5,8-9,13,15H2,1-4H3,(H,29,37)(H,30,31,33,34). The van der Waals surface area contributed by atoms with Crippen LogP contribution in [0.1, 0.15) is 109 Å². The van der Waals surface area contributed by atoms with Gasteiger partial charge in [0.15, 0.2) is 11.6 Å². The van der Waals surface area contributed by atoms with Gasteiger partial charge in [0, 0.05) is 100 Å². The Bertz CT molecular complexity index is 3310. The molecule has 0 aliphatic carbocycles. The molecule has 0 saturated carbocycles. The van der Waals surface area contributed by atoms with Crippen molar-refractivity contribution in [1.29, 1.82) is 0 Å². The summed E-state index contributed by atoms with van der Waals surface area (Å²) >= 11 is 0. The van der Waals surface area contributed by atoms with Crippen LogP contribution < -0.4 is 26.6 Å². The first-order chi connectivity index (χ1) is 36.9. The molecule has 21 nitrogen and oxygen atoms in total. The molecule has 6 aromatic heterocycles. The van der Waals surface area contributed by atoms with Crippen molar-refractivity contribution in [3.63, 3.8) is 0 Å². The number of amides is 2. The fraction of sp³-hybridized carbons (Fsp3) is 0.393. The summed E-state index contributed by atoms with van der Waals surface area (Å²) in [6, 6.07) is 20.1. The second-order valence-electron chi connectivity index (χ2n) is 21.5. The average molecular weight is 1040 g/mol. The van der Waals surface area contributed by atoms with Gasteiger partial charge in [-0.05, 0) is 109 Å². The average Bonchev–Trinajstić information content (AvgIpc) is 4.22. The van der Waals surface area contributed by atoms with Crippen molar-refractivity contribution in [2.45, 2.75) is 119 Å². The Morgan fingerprint density at radius 3 is 1.62 bits per heavy atom. The predicted octanol–water partition coefficient (Wildman–Crippen LogP) is 7.24. The van der Waals surface area contributed by atoms with Crippen LogP contribution >= 0.6 is 0 Å². The number of anilines is 4. The molecule has 0 radical (unpaired) electrons. The number of β-amino-alcohol motifs (C(OH)–C–C–N with tert-alkyl or cyclic N) is 1. The van der Waals surface area contributed by atoms with Crippen molar-refractivity contribution >= 4 is 35.1 Å². The van der Waals surface area contributed by atoms with Gasteiger partial charge in [-0.1, -0.05) is 24.3 Å². The van der Waals surface area contributed by atoms with Crippen LogP contribution in [0.15, 0.2) is 98.1 Å². The molecular formula is C56H70N18O3. The number of nitrogens with one attached hydrogen (secondary N) is 5. The van der Waals surface area contributed by atoms with E-state index in [1.807, 2.05) is 107 Å². The lowest BCUT2D eigenvalue weighted by atomic mass is 10.0. The molecule has 0 spiro atoms. The summed E-state index contributed by atoms with van der Waals surface area (Å²) in [6.07, 6.45) is 11.9. The summed E-state index contributed by atoms with van der Waals surface area (Å²) in [5.74, 6) is 2.58. The molecule has 8 heterocycles. The first-order valence-corrected chi connectivity index (χ1v) is 26.2. The molecule has 0 fully saturated rings. The molecule has 0 atom stereocenters. The summed E-state index contributed by atoms with van der Waals surface area (Å²) in [6.45, 7) is 23.3. The number of hydrogen-bond donors (Lipinski definition) is 6. The van der Waals surface area contributed by atoms with E-state index < -0.39 is 0 Å². The van der Waals surface area contributed by atoms with E-state index in [2.05, 4.69) is 84.9 Å². The summed E-state index contributed by atoms with van der Waals surface area (Å²) in [4.78, 5) is 45.3. The van der Waals surface area contributed by atoms with E-state index in [4.69, 9.17) is 5.10 Å². The van der Waals surface area contributed by atoms with Crippen LogP contribution in [-0.4, -0.2) is 107 Å². The Morgan fingerprint density at radius 1 is 0.623 bits per heavy atom. The molecule has 402 valence electrons. The number of carbonyl (C=O) groups excluding carboxylic acids is 2. The normalized spacial score (nSPS) is 13.8. The Balaban J connectivity index is 0.000000188. The Labute approximate surface area is 449 Å². The number of benzene rings is 2. The fourth-order valence-corrected chi connectivity index (χ4v) is 9.05. The minimum absolute atomic E-state index is 0.141. The highest BCUT2D eigenvalue weighted by Gasteiger charge is 2.21. The molecule has 10 rings (SSSR count). The number of aryl methyl sites for hydroxylation is 4. The highest BCUT2D eigenvalue weighted by molar-refractivity contribution is 5.94. The van der Waals surface area contributed by atoms with Gasteiger partial charge >= 0.3 is 0 Å². The number of aliphatic hydroxyl groups excluding tert-OH is 1. The van der Waals surface area contributed by atoms with Crippen LogP contribution in [0.5, 0.6) is 0 Å². The third-order valence-electron chi connectivity index (χ3n) is 13.5. The van der Waals surface area contributed by atoms with Gasteiger partial charge in [0.2, 0.25) is 0 Å². The van der Waals surface area contributed by atoms with E-state index in [9.17, 15) is 14.7 Å². The van der Waals surface area contributed by atoms with Crippen LogP contribution in [0.25, 0.3) is 22.5 Å². The highest BCUT2D eigenvalue weighted by Crippen LogP contribution is 2.27. The lowest BCUT2D eigenvalue weighted by Gasteiger charge is -2.18. The van der Waals surface area contributed by atoms with E-state index in [-0.39, 0.29) is 29.5 Å². The maximum Gasteiger partial charge on any atom is 0.254 e. The molecule has 0 unspecified atom stereocenters. The summed E-state index contributed by atoms with van der Waals surface area (Å²) in [5.41, 5.74) is 10.8. The Hall–Kier alpha value is -8.14. The monoisotopic (exact) mass is 1040 g/mol. The van der Waals surface area contributed by atoms with Crippen LogP contribution in [0.2, 0.25) is 0 Å². The van der Waals surface area contributed by atoms with Crippen LogP contribution in [0.3, 0.4) is 0 Å². The Kier molecular flexibility index (Phi) is 16.3. The van der Waals surface area contributed by atoms with Crippen molar-refractivity contribution in [3.8, 4) is 22.5 Å². The Morgan fingerprint density at radius 2 is 1.13 bits per heavy atom. The largest absolute Gasteiger partial charge is 0.395 e. The molecule has 0 bridgehead atoms. The smallest absolute Gasteiger partial charge is 0.254 e. The van der Waals surface area contributed by atoms with Gasteiger partial charge in [0.25, 0.3) is 11.8 Å². The molecule has 0 saturated heterocycles. The topological polar surface area (TPSA) is 241 Å². The van der Waals surface area contributed by atoms with Gasteiger partial charge in [-0.3, -0.25) is 33.2 Å². The second-order valence-corrected chi connectivity index (χ2v) is 21.5. The number of aromatic nitrogens is 12. The van der Waals surface area contributed by atoms with Gasteiger partial charge in [-0.15, -0.1) is 0 Å². The van der Waals surface area contributed by atoms with Crippen molar-refractivity contribution in [2.75, 3.05) is 36.9 Å². The van der Waals surface area contributed by atoms with E-state index in [1.54, 1.807) is 46.8 Å². The molecule has 2 aliphatic rings. The van der Waals surface area contributed by atoms with Gasteiger partial charge in [-0.25, -0.2) is 19.9 Å². The number of aliphatic hydroxyl groups is 1. The molecule has 2 aliphatic heterocycles. The summed E-state index contributed by atoms with van der Waals surface area (Å²) in [5, 5.41) is 43.4. The van der Waals surface area contributed by atoms with Gasteiger partial charge < -0.3 is 31.7 Å². The van der Waals surface area contributed by atoms with Crippen molar-refractivity contribution in [3.05, 3.63) is 143 Å². The number of hydrogen-bond acceptors (Lipinski definition) is 15. The third kappa shape index (κ3) is 13.6. The van der Waals surface area contributed by atoms with E-state index in [0.29, 0.717) is 42.4 Å². The number of carbonyl (C=O) groups is 2. The maximum absolute atomic E-state index is 12.7. The van der Waals surface area contributed by atoms with Gasteiger partial charge in [-0.2, -0.15) is 20.4 Å². The first kappa shape index (κ1) is 53.7. The van der Waals surface area contributed by atoms with E-state index in [0.717, 1.165) is 120 Å². The first-order valence-electron chi connectivity index (χ1n) is 26.2. The number of rotatable bonds is 14. The summed E-state index contributed by atoms with van der Waals surface area (Å²) < 4.78 is 7.66. The maximum atomic E-state index is 12.7. The van der Waals surface area contributed by atoms with Crippen LogP contribution in [0.4, 0.5) is 23.3 Å². The lowest BCUT2D eigenvalue weighted by molar-refractivity contribution is 0.0942. The predicted molar refractivity (Wildman–Crippen MR) is 296 cm³/mol. The van der Waals surface area contributed by atoms with Crippen molar-refractivity contribution in [2.24, 2.45) is 0 Å². The number of fused-ring (bicyclic) bond motifs is 2. The minimum Gasteiger partial charge on any atom is -0.395 e. The molecule has 2 aromatic carbocycles. The number of nitrogens with zero attached hydrogens (tertiary/aromatic N) is 13. The van der Waals surface area contributed by atoms with E-state index >= 15 is 0 Å². The molecule has 21 heteroatoms. The fourth-order valence-electron chi connectivity index (χ4n) is 9.05. The third-order valence-corrected chi connectivity index (χ3v) is 13.5. The second kappa shape index (κ2) is 23.4. The van der Waals surface area contributed by atoms with Crippen molar-refractivity contribution in [1.82, 2.24) is 79.9 Å². The minimum atomic E-state index is -0.179. The zero-order valence-electron chi connectivity index (χ0n) is 45.3. The van der Waals surface area contributed by atoms with Crippen LogP contribution in [0, 0.1) is 13.8 Å². The lowest BCUT2D eigenvalue weighted by Crippen LogP contribution is -2.26. The molecule has 6 N–H and O–H groups in total. The highest BCUT2D eigenvalue weighted by atomic mass is 16.3. The van der Waals surface area contributed by atoms with Crippen LogP contribution in [-0.2, 0) is 50.3 Å². The molecule has 8 aromatic rings.